The zero-order chi connectivity index (χ0) is 13.0. The minimum atomic E-state index is -0.316. The van der Waals surface area contributed by atoms with E-state index >= 15 is 0 Å². The molecule has 96 valence electrons. The van der Waals surface area contributed by atoms with E-state index in [-0.39, 0.29) is 5.82 Å². The average Bonchev–Trinajstić information content (AvgIpc) is 2.80. The highest BCUT2D eigenvalue weighted by Crippen LogP contribution is 2.28. The van der Waals surface area contributed by atoms with Crippen molar-refractivity contribution in [2.75, 3.05) is 6.54 Å². The van der Waals surface area contributed by atoms with Crippen LogP contribution in [-0.2, 0) is 13.0 Å². The van der Waals surface area contributed by atoms with Crippen molar-refractivity contribution in [1.82, 2.24) is 15.3 Å². The Morgan fingerprint density at radius 1 is 1.39 bits per heavy atom. The second-order valence-corrected chi connectivity index (χ2v) is 4.94. The second-order valence-electron chi connectivity index (χ2n) is 3.86. The topological polar surface area (TPSA) is 37.8 Å². The molecule has 2 rings (SSSR count). The van der Waals surface area contributed by atoms with Crippen LogP contribution in [0.5, 0.6) is 0 Å². The maximum absolute atomic E-state index is 13.7. The number of nitrogens with zero attached hydrogens (tertiary/aromatic N) is 2. The van der Waals surface area contributed by atoms with Gasteiger partial charge in [-0.2, -0.15) is 0 Å². The summed E-state index contributed by atoms with van der Waals surface area (Å²) in [6.45, 7) is 5.81. The van der Waals surface area contributed by atoms with E-state index in [9.17, 15) is 4.39 Å². The Morgan fingerprint density at radius 2 is 2.22 bits per heavy atom. The molecule has 0 atom stereocenters. The minimum absolute atomic E-state index is 0.316. The third-order valence-electron chi connectivity index (χ3n) is 2.61. The van der Waals surface area contributed by atoms with E-state index in [4.69, 9.17) is 0 Å². The monoisotopic (exact) mass is 265 g/mol. The molecule has 2 heterocycles. The Kier molecular flexibility index (Phi) is 4.38. The van der Waals surface area contributed by atoms with Crippen LogP contribution in [0.4, 0.5) is 4.39 Å². The summed E-state index contributed by atoms with van der Waals surface area (Å²) in [4.78, 5) is 9.72. The van der Waals surface area contributed by atoms with Gasteiger partial charge in [-0.15, -0.1) is 11.3 Å². The SMILES string of the molecule is CCNCc1sc(-c2ncccc2F)nc1CC. The molecule has 0 aliphatic heterocycles. The molecule has 0 saturated heterocycles. The van der Waals surface area contributed by atoms with Crippen LogP contribution in [0, 0.1) is 5.82 Å². The third-order valence-corrected chi connectivity index (χ3v) is 3.71. The molecule has 0 saturated carbocycles. The summed E-state index contributed by atoms with van der Waals surface area (Å²) < 4.78 is 13.7. The second kappa shape index (κ2) is 6.02. The highest BCUT2D eigenvalue weighted by atomic mass is 32.1. The fourth-order valence-corrected chi connectivity index (χ4v) is 2.80. The van der Waals surface area contributed by atoms with Crippen LogP contribution >= 0.6 is 11.3 Å². The lowest BCUT2D eigenvalue weighted by Gasteiger charge is -1.99. The molecule has 0 amide bonds. The number of aryl methyl sites for hydroxylation is 1. The summed E-state index contributed by atoms with van der Waals surface area (Å²) in [6.07, 6.45) is 2.45. The van der Waals surface area contributed by atoms with Crippen molar-refractivity contribution in [3.63, 3.8) is 0 Å². The van der Waals surface area contributed by atoms with Gasteiger partial charge in [0.1, 0.15) is 10.7 Å². The number of nitrogens with one attached hydrogen (secondary N) is 1. The quantitative estimate of drug-likeness (QED) is 0.903. The summed E-state index contributed by atoms with van der Waals surface area (Å²) in [5.74, 6) is -0.316. The lowest BCUT2D eigenvalue weighted by atomic mass is 10.3. The highest BCUT2D eigenvalue weighted by molar-refractivity contribution is 7.15. The van der Waals surface area contributed by atoms with Crippen molar-refractivity contribution in [3.8, 4) is 10.7 Å². The van der Waals surface area contributed by atoms with E-state index in [1.165, 1.54) is 22.3 Å². The molecule has 0 bridgehead atoms. The predicted molar refractivity (Wildman–Crippen MR) is 72.1 cm³/mol. The van der Waals surface area contributed by atoms with Crippen molar-refractivity contribution in [3.05, 3.63) is 34.7 Å². The molecule has 2 aromatic rings. The molecule has 1 N–H and O–H groups in total. The molecule has 0 aromatic carbocycles. The number of hydrogen-bond donors (Lipinski definition) is 1. The van der Waals surface area contributed by atoms with Gasteiger partial charge in [0, 0.05) is 17.6 Å². The lowest BCUT2D eigenvalue weighted by molar-refractivity contribution is 0.625. The first-order valence-corrected chi connectivity index (χ1v) is 6.88. The molecule has 0 radical (unpaired) electrons. The van der Waals surface area contributed by atoms with E-state index in [1.807, 2.05) is 0 Å². The molecule has 0 aliphatic carbocycles. The molecule has 0 unspecified atom stereocenters. The number of pyridine rings is 1. The van der Waals surface area contributed by atoms with Gasteiger partial charge in [0.05, 0.1) is 5.69 Å². The summed E-state index contributed by atoms with van der Waals surface area (Å²) in [5, 5.41) is 3.94. The molecule has 0 aliphatic rings. The van der Waals surface area contributed by atoms with Crippen LogP contribution in [0.15, 0.2) is 18.3 Å². The first kappa shape index (κ1) is 13.1. The van der Waals surface area contributed by atoms with Crippen molar-refractivity contribution in [2.45, 2.75) is 26.8 Å². The zero-order valence-corrected chi connectivity index (χ0v) is 11.4. The van der Waals surface area contributed by atoms with Crippen LogP contribution < -0.4 is 5.32 Å². The number of halogens is 1. The molecule has 2 aromatic heterocycles. The van der Waals surface area contributed by atoms with Gasteiger partial charge < -0.3 is 5.32 Å². The van der Waals surface area contributed by atoms with Crippen LogP contribution in [0.1, 0.15) is 24.4 Å². The van der Waals surface area contributed by atoms with Gasteiger partial charge in [0.2, 0.25) is 0 Å². The third kappa shape index (κ3) is 2.73. The fraction of sp³-hybridized carbons (Fsp3) is 0.385. The highest BCUT2D eigenvalue weighted by Gasteiger charge is 2.14. The summed E-state index contributed by atoms with van der Waals surface area (Å²) in [6, 6.07) is 3.01. The minimum Gasteiger partial charge on any atom is -0.312 e. The van der Waals surface area contributed by atoms with Gasteiger partial charge in [0.15, 0.2) is 5.82 Å². The van der Waals surface area contributed by atoms with Crippen LogP contribution in [0.3, 0.4) is 0 Å². The van der Waals surface area contributed by atoms with Crippen molar-refractivity contribution in [2.24, 2.45) is 0 Å². The molecule has 3 nitrogen and oxygen atoms in total. The Labute approximate surface area is 110 Å². The Hall–Kier alpha value is -1.33. The average molecular weight is 265 g/mol. The van der Waals surface area contributed by atoms with Gasteiger partial charge in [-0.05, 0) is 25.1 Å². The van der Waals surface area contributed by atoms with Gasteiger partial charge in [-0.3, -0.25) is 4.98 Å². The first-order chi connectivity index (χ1) is 8.76. The van der Waals surface area contributed by atoms with Crippen LogP contribution in [0.25, 0.3) is 10.7 Å². The summed E-state index contributed by atoms with van der Waals surface area (Å²) in [7, 11) is 0. The molecule has 0 fully saturated rings. The number of thiazole rings is 1. The van der Waals surface area contributed by atoms with Crippen molar-refractivity contribution in [1.29, 1.82) is 0 Å². The standard InChI is InChI=1S/C13H16FN3S/c1-3-10-11(8-15-4-2)18-13(17-10)12-9(14)6-5-7-16-12/h5-7,15H,3-4,8H2,1-2H3. The van der Waals surface area contributed by atoms with Crippen molar-refractivity contribution >= 4 is 11.3 Å². The van der Waals surface area contributed by atoms with Crippen LogP contribution in [-0.4, -0.2) is 16.5 Å². The van der Waals surface area contributed by atoms with Gasteiger partial charge in [-0.1, -0.05) is 13.8 Å². The van der Waals surface area contributed by atoms with Crippen molar-refractivity contribution < 1.29 is 4.39 Å². The number of aromatic nitrogens is 2. The molecular formula is C13H16FN3S. The van der Waals surface area contributed by atoms with E-state index in [2.05, 4.69) is 29.1 Å². The molecule has 0 spiro atoms. The molecular weight excluding hydrogens is 249 g/mol. The van der Waals surface area contributed by atoms with Gasteiger partial charge >= 0.3 is 0 Å². The fourth-order valence-electron chi connectivity index (χ4n) is 1.68. The lowest BCUT2D eigenvalue weighted by Crippen LogP contribution is -2.11. The number of rotatable bonds is 5. The van der Waals surface area contributed by atoms with Crippen LogP contribution in [0.2, 0.25) is 0 Å². The molecule has 5 heteroatoms. The summed E-state index contributed by atoms with van der Waals surface area (Å²) in [5.41, 5.74) is 1.38. The Balaban J connectivity index is 2.35. The maximum Gasteiger partial charge on any atom is 0.151 e. The zero-order valence-electron chi connectivity index (χ0n) is 10.5. The smallest absolute Gasteiger partial charge is 0.151 e. The molecule has 18 heavy (non-hydrogen) atoms. The van der Waals surface area contributed by atoms with E-state index in [1.54, 1.807) is 12.3 Å². The predicted octanol–water partition coefficient (Wildman–Crippen LogP) is 3.02. The first-order valence-electron chi connectivity index (χ1n) is 6.06. The Bertz CT molecular complexity index is 525. The van der Waals surface area contributed by atoms with Gasteiger partial charge in [0.25, 0.3) is 0 Å². The Morgan fingerprint density at radius 3 is 2.89 bits per heavy atom. The van der Waals surface area contributed by atoms with Gasteiger partial charge in [-0.25, -0.2) is 9.37 Å². The van der Waals surface area contributed by atoms with E-state index in [0.717, 1.165) is 25.2 Å². The van der Waals surface area contributed by atoms with E-state index < -0.39 is 0 Å². The number of hydrogen-bond acceptors (Lipinski definition) is 4. The van der Waals surface area contributed by atoms with E-state index in [0.29, 0.717) is 10.7 Å². The maximum atomic E-state index is 13.7. The normalized spacial score (nSPS) is 10.8. The largest absolute Gasteiger partial charge is 0.312 e. The summed E-state index contributed by atoms with van der Waals surface area (Å²) >= 11 is 1.52.